The van der Waals surface area contributed by atoms with Gasteiger partial charge in [-0.25, -0.2) is 8.42 Å². The Morgan fingerprint density at radius 2 is 2.11 bits per heavy atom. The summed E-state index contributed by atoms with van der Waals surface area (Å²) in [6.45, 7) is 0.906. The molecule has 1 aliphatic rings. The molecule has 0 amide bonds. The molecule has 1 aliphatic heterocycles. The van der Waals surface area contributed by atoms with E-state index in [1.54, 1.807) is 18.2 Å². The van der Waals surface area contributed by atoms with Crippen molar-refractivity contribution in [3.05, 3.63) is 39.7 Å². The largest absolute Gasteiger partial charge is 0.384 e. The Morgan fingerprint density at radius 1 is 1.26 bits per heavy atom. The zero-order valence-electron chi connectivity index (χ0n) is 9.81. The van der Waals surface area contributed by atoms with E-state index in [0.29, 0.717) is 9.90 Å². The van der Waals surface area contributed by atoms with Crippen LogP contribution in [0.5, 0.6) is 0 Å². The Hall–Kier alpha value is -1.05. The highest BCUT2D eigenvalue weighted by molar-refractivity contribution is 9.11. The van der Waals surface area contributed by atoms with E-state index in [0.717, 1.165) is 28.0 Å². The number of benzene rings is 1. The highest BCUT2D eigenvalue weighted by atomic mass is 79.9. The summed E-state index contributed by atoms with van der Waals surface area (Å²) >= 11 is 4.46. The second-order valence-corrected chi connectivity index (χ2v) is 8.59. The Morgan fingerprint density at radius 3 is 2.84 bits per heavy atom. The Bertz CT molecular complexity index is 725. The van der Waals surface area contributed by atoms with Gasteiger partial charge in [0, 0.05) is 17.9 Å². The van der Waals surface area contributed by atoms with Crippen molar-refractivity contribution in [2.45, 2.75) is 10.6 Å². The van der Waals surface area contributed by atoms with Gasteiger partial charge in [-0.15, -0.1) is 11.3 Å². The first-order valence-electron chi connectivity index (χ1n) is 5.69. The van der Waals surface area contributed by atoms with Crippen LogP contribution in [-0.2, 0) is 16.4 Å². The van der Waals surface area contributed by atoms with E-state index in [4.69, 9.17) is 0 Å². The van der Waals surface area contributed by atoms with Gasteiger partial charge in [0.15, 0.2) is 0 Å². The molecular weight excluding hydrogens is 348 g/mol. The molecule has 0 fully saturated rings. The summed E-state index contributed by atoms with van der Waals surface area (Å²) in [6, 6.07) is 8.88. The van der Waals surface area contributed by atoms with Gasteiger partial charge in [-0.3, -0.25) is 4.72 Å². The molecule has 0 aliphatic carbocycles. The number of sulfonamides is 1. The van der Waals surface area contributed by atoms with Crippen LogP contribution in [0.3, 0.4) is 0 Å². The van der Waals surface area contributed by atoms with Crippen LogP contribution in [0.1, 0.15) is 5.56 Å². The van der Waals surface area contributed by atoms with Crippen molar-refractivity contribution in [3.8, 4) is 0 Å². The number of rotatable bonds is 3. The quantitative estimate of drug-likeness (QED) is 0.884. The number of hydrogen-bond acceptors (Lipinski definition) is 4. The molecule has 19 heavy (non-hydrogen) atoms. The molecule has 0 bridgehead atoms. The Labute approximate surface area is 124 Å². The Kier molecular flexibility index (Phi) is 3.28. The minimum atomic E-state index is -3.49. The van der Waals surface area contributed by atoms with Crippen LogP contribution in [0, 0.1) is 0 Å². The number of hydrogen-bond donors (Lipinski definition) is 2. The molecule has 2 aromatic rings. The van der Waals surface area contributed by atoms with Crippen molar-refractivity contribution in [3.63, 3.8) is 0 Å². The monoisotopic (exact) mass is 358 g/mol. The van der Waals surface area contributed by atoms with E-state index in [9.17, 15) is 8.42 Å². The lowest BCUT2D eigenvalue weighted by molar-refractivity contribution is 0.603. The molecule has 1 aromatic carbocycles. The molecule has 0 spiro atoms. The Balaban J connectivity index is 1.89. The second-order valence-electron chi connectivity index (χ2n) is 4.21. The number of thiophene rings is 1. The molecule has 0 unspecified atom stereocenters. The van der Waals surface area contributed by atoms with Crippen molar-refractivity contribution in [1.82, 2.24) is 0 Å². The summed E-state index contributed by atoms with van der Waals surface area (Å²) in [5, 5.41) is 3.24. The third-order valence-corrected chi connectivity index (χ3v) is 6.38. The standard InChI is InChI=1S/C12H11BrN2O2S2/c13-11-3-4-12(18-11)19(16,17)15-9-1-2-10-8(7-9)5-6-14-10/h1-4,7,14-15H,5-6H2. The van der Waals surface area contributed by atoms with E-state index in [1.807, 2.05) is 12.1 Å². The summed E-state index contributed by atoms with van der Waals surface area (Å²) in [5.41, 5.74) is 2.83. The highest BCUT2D eigenvalue weighted by Gasteiger charge is 2.18. The van der Waals surface area contributed by atoms with Gasteiger partial charge in [-0.1, -0.05) is 0 Å². The maximum atomic E-state index is 12.2. The predicted octanol–water partition coefficient (Wildman–Crippen LogP) is 3.28. The fourth-order valence-electron chi connectivity index (χ4n) is 2.02. The normalized spacial score (nSPS) is 13.9. The van der Waals surface area contributed by atoms with E-state index < -0.39 is 10.0 Å². The summed E-state index contributed by atoms with van der Waals surface area (Å²) in [6.07, 6.45) is 0.926. The first-order chi connectivity index (χ1) is 9.04. The van der Waals surface area contributed by atoms with Crippen LogP contribution in [0.15, 0.2) is 38.3 Å². The lowest BCUT2D eigenvalue weighted by atomic mass is 10.1. The first-order valence-corrected chi connectivity index (χ1v) is 8.79. The molecule has 2 N–H and O–H groups in total. The third-order valence-electron chi connectivity index (χ3n) is 2.88. The number of fused-ring (bicyclic) bond motifs is 1. The number of halogens is 1. The predicted molar refractivity (Wildman–Crippen MR) is 81.5 cm³/mol. The van der Waals surface area contributed by atoms with Crippen LogP contribution in [0.25, 0.3) is 0 Å². The smallest absolute Gasteiger partial charge is 0.271 e. The van der Waals surface area contributed by atoms with Gasteiger partial charge in [0.2, 0.25) is 0 Å². The van der Waals surface area contributed by atoms with Gasteiger partial charge in [-0.2, -0.15) is 0 Å². The van der Waals surface area contributed by atoms with E-state index >= 15 is 0 Å². The van der Waals surface area contributed by atoms with Crippen molar-refractivity contribution in [1.29, 1.82) is 0 Å². The number of nitrogens with one attached hydrogen (secondary N) is 2. The maximum Gasteiger partial charge on any atom is 0.271 e. The molecule has 4 nitrogen and oxygen atoms in total. The average molecular weight is 359 g/mol. The molecular formula is C12H11BrN2O2S2. The third kappa shape index (κ3) is 2.63. The van der Waals surface area contributed by atoms with Gasteiger partial charge in [0.05, 0.1) is 3.79 Å². The van der Waals surface area contributed by atoms with Crippen LogP contribution < -0.4 is 10.0 Å². The fourth-order valence-corrected chi connectivity index (χ4v) is 5.08. The van der Waals surface area contributed by atoms with Crippen LogP contribution in [-0.4, -0.2) is 15.0 Å². The lowest BCUT2D eigenvalue weighted by Gasteiger charge is -2.08. The fraction of sp³-hybridized carbons (Fsp3) is 0.167. The second kappa shape index (κ2) is 4.81. The molecule has 0 atom stereocenters. The van der Waals surface area contributed by atoms with Crippen LogP contribution in [0.2, 0.25) is 0 Å². The zero-order chi connectivity index (χ0) is 13.5. The van der Waals surface area contributed by atoms with Gasteiger partial charge in [-0.05, 0) is 58.2 Å². The molecule has 3 rings (SSSR count). The van der Waals surface area contributed by atoms with Crippen molar-refractivity contribution >= 4 is 48.7 Å². The molecule has 0 saturated carbocycles. The molecule has 100 valence electrons. The SMILES string of the molecule is O=S(=O)(Nc1ccc2c(c1)CCN2)c1ccc(Br)s1. The van der Waals surface area contributed by atoms with Crippen molar-refractivity contribution < 1.29 is 8.42 Å². The molecule has 7 heteroatoms. The van der Waals surface area contributed by atoms with E-state index in [1.165, 1.54) is 11.3 Å². The first kappa shape index (κ1) is 13.0. The molecule has 1 aromatic heterocycles. The van der Waals surface area contributed by atoms with Gasteiger partial charge in [0.1, 0.15) is 4.21 Å². The molecule has 0 radical (unpaired) electrons. The minimum absolute atomic E-state index is 0.304. The summed E-state index contributed by atoms with van der Waals surface area (Å²) < 4.78 is 28.1. The molecule has 0 saturated heterocycles. The highest BCUT2D eigenvalue weighted by Crippen LogP contribution is 2.29. The molecule has 2 heterocycles. The number of anilines is 2. The van der Waals surface area contributed by atoms with Crippen molar-refractivity contribution in [2.75, 3.05) is 16.6 Å². The average Bonchev–Trinajstić information content (AvgIpc) is 2.96. The summed E-state index contributed by atoms with van der Waals surface area (Å²) in [7, 11) is -3.49. The zero-order valence-corrected chi connectivity index (χ0v) is 13.0. The van der Waals surface area contributed by atoms with Crippen LogP contribution in [0.4, 0.5) is 11.4 Å². The van der Waals surface area contributed by atoms with Gasteiger partial charge in [0.25, 0.3) is 10.0 Å². The van der Waals surface area contributed by atoms with Crippen molar-refractivity contribution in [2.24, 2.45) is 0 Å². The van der Waals surface area contributed by atoms with Gasteiger partial charge < -0.3 is 5.32 Å². The maximum absolute atomic E-state index is 12.2. The van der Waals surface area contributed by atoms with E-state index in [2.05, 4.69) is 26.0 Å². The summed E-state index contributed by atoms with van der Waals surface area (Å²) in [5.74, 6) is 0. The van der Waals surface area contributed by atoms with E-state index in [-0.39, 0.29) is 0 Å². The lowest BCUT2D eigenvalue weighted by Crippen LogP contribution is -2.11. The topological polar surface area (TPSA) is 58.2 Å². The minimum Gasteiger partial charge on any atom is -0.384 e. The summed E-state index contributed by atoms with van der Waals surface area (Å²) in [4.78, 5) is 0. The van der Waals surface area contributed by atoms with Crippen LogP contribution >= 0.6 is 27.3 Å². The van der Waals surface area contributed by atoms with Gasteiger partial charge >= 0.3 is 0 Å².